The fourth-order valence-corrected chi connectivity index (χ4v) is 3.61. The molecule has 152 valence electrons. The Balaban J connectivity index is 1.61. The summed E-state index contributed by atoms with van der Waals surface area (Å²) in [6, 6.07) is 11.0. The van der Waals surface area contributed by atoms with E-state index in [-0.39, 0.29) is 23.4 Å². The first-order valence-corrected chi connectivity index (χ1v) is 10.3. The smallest absolute Gasteiger partial charge is 0.312 e. The Kier molecular flexibility index (Phi) is 5.83. The van der Waals surface area contributed by atoms with Crippen molar-refractivity contribution in [3.63, 3.8) is 0 Å². The summed E-state index contributed by atoms with van der Waals surface area (Å²) >= 11 is 0. The Hall–Kier alpha value is -3.40. The summed E-state index contributed by atoms with van der Waals surface area (Å²) in [7, 11) is -3.76. The summed E-state index contributed by atoms with van der Waals surface area (Å²) in [4.78, 5) is 12.3. The second-order valence-corrected chi connectivity index (χ2v) is 8.15. The number of sulfonamides is 1. The zero-order valence-corrected chi connectivity index (χ0v) is 16.8. The second-order valence-electron chi connectivity index (χ2n) is 6.47. The summed E-state index contributed by atoms with van der Waals surface area (Å²) in [6.07, 6.45) is 0.336. The fraction of sp³-hybridized carbons (Fsp3) is 0.211. The molecule has 0 aliphatic rings. The van der Waals surface area contributed by atoms with Crippen LogP contribution in [0.4, 0.5) is 11.7 Å². The van der Waals surface area contributed by atoms with Crippen LogP contribution >= 0.6 is 0 Å². The molecule has 4 N–H and O–H groups in total. The number of benzene rings is 2. The van der Waals surface area contributed by atoms with Crippen LogP contribution < -0.4 is 15.8 Å². The number of nitrogens with one attached hydrogen (secondary N) is 2. The van der Waals surface area contributed by atoms with E-state index >= 15 is 0 Å². The lowest BCUT2D eigenvalue weighted by atomic mass is 10.1. The van der Waals surface area contributed by atoms with Crippen molar-refractivity contribution >= 4 is 27.6 Å². The monoisotopic (exact) mass is 415 g/mol. The van der Waals surface area contributed by atoms with Gasteiger partial charge in [-0.05, 0) is 61.4 Å². The molecule has 0 bridgehead atoms. The molecule has 29 heavy (non-hydrogen) atoms. The van der Waals surface area contributed by atoms with E-state index in [4.69, 9.17) is 10.2 Å². The predicted octanol–water partition coefficient (Wildman–Crippen LogP) is 2.04. The number of nitrogen functional groups attached to an aromatic ring is 1. The molecule has 0 spiro atoms. The van der Waals surface area contributed by atoms with Crippen molar-refractivity contribution in [3.05, 3.63) is 65.0 Å². The fourth-order valence-electron chi connectivity index (χ4n) is 2.56. The maximum Gasteiger partial charge on any atom is 0.312 e. The molecule has 0 fully saturated rings. The highest BCUT2D eigenvalue weighted by atomic mass is 32.2. The van der Waals surface area contributed by atoms with E-state index < -0.39 is 10.0 Å². The van der Waals surface area contributed by atoms with Gasteiger partial charge in [0.15, 0.2) is 0 Å². The minimum Gasteiger partial charge on any atom is -0.408 e. The van der Waals surface area contributed by atoms with Crippen molar-refractivity contribution in [2.45, 2.75) is 25.2 Å². The zero-order chi connectivity index (χ0) is 21.0. The summed E-state index contributed by atoms with van der Waals surface area (Å²) < 4.78 is 32.7. The summed E-state index contributed by atoms with van der Waals surface area (Å²) in [6.45, 7) is 4.14. The number of anilines is 2. The first-order chi connectivity index (χ1) is 13.7. The van der Waals surface area contributed by atoms with E-state index in [2.05, 4.69) is 20.2 Å². The van der Waals surface area contributed by atoms with Gasteiger partial charge in [0, 0.05) is 24.2 Å². The molecule has 1 aromatic heterocycles. The standard InChI is InChI=1S/C19H21N5O4S/c1-12-3-6-15(11-13(12)2)24-29(26,27)16-7-4-14(5-8-16)18(25)21-10-9-17-22-23-19(20)28-17/h3-8,11,24H,9-10H2,1-2H3,(H2,20,23)(H,21,25). The maximum absolute atomic E-state index is 12.6. The van der Waals surface area contributed by atoms with Gasteiger partial charge in [0.1, 0.15) is 0 Å². The number of aromatic nitrogens is 2. The molecule has 0 aliphatic heterocycles. The number of hydrogen-bond donors (Lipinski definition) is 3. The number of carbonyl (C=O) groups is 1. The van der Waals surface area contributed by atoms with Gasteiger partial charge in [-0.15, -0.1) is 5.10 Å². The normalized spacial score (nSPS) is 11.2. The molecular formula is C19H21N5O4S. The van der Waals surface area contributed by atoms with Crippen molar-refractivity contribution < 1.29 is 17.6 Å². The third-order valence-corrected chi connectivity index (χ3v) is 5.69. The van der Waals surface area contributed by atoms with Gasteiger partial charge in [-0.3, -0.25) is 9.52 Å². The lowest BCUT2D eigenvalue weighted by Crippen LogP contribution is -2.25. The van der Waals surface area contributed by atoms with Crippen LogP contribution in [0.1, 0.15) is 27.4 Å². The molecule has 0 aliphatic carbocycles. The van der Waals surface area contributed by atoms with Gasteiger partial charge < -0.3 is 15.5 Å². The van der Waals surface area contributed by atoms with E-state index in [0.29, 0.717) is 23.6 Å². The predicted molar refractivity (Wildman–Crippen MR) is 108 cm³/mol. The molecule has 1 heterocycles. The van der Waals surface area contributed by atoms with Gasteiger partial charge >= 0.3 is 6.01 Å². The number of hydrogen-bond acceptors (Lipinski definition) is 7. The van der Waals surface area contributed by atoms with Crippen LogP contribution in [0.2, 0.25) is 0 Å². The third-order valence-electron chi connectivity index (χ3n) is 4.29. The third kappa shape index (κ3) is 5.11. The molecule has 3 aromatic rings. The first-order valence-electron chi connectivity index (χ1n) is 8.81. The Morgan fingerprint density at radius 3 is 2.41 bits per heavy atom. The van der Waals surface area contributed by atoms with Crippen molar-refractivity contribution in [1.82, 2.24) is 15.5 Å². The Bertz CT molecular complexity index is 1120. The topological polar surface area (TPSA) is 140 Å². The number of rotatable bonds is 7. The average molecular weight is 415 g/mol. The van der Waals surface area contributed by atoms with E-state index in [1.54, 1.807) is 12.1 Å². The zero-order valence-electron chi connectivity index (χ0n) is 16.0. The number of amides is 1. The minimum absolute atomic E-state index is 0.0301. The van der Waals surface area contributed by atoms with Crippen molar-refractivity contribution in [3.8, 4) is 0 Å². The number of nitrogens with zero attached hydrogens (tertiary/aromatic N) is 2. The van der Waals surface area contributed by atoms with Crippen LogP contribution in [0.25, 0.3) is 0 Å². The van der Waals surface area contributed by atoms with Crippen LogP contribution in [-0.4, -0.2) is 31.1 Å². The van der Waals surface area contributed by atoms with Crippen molar-refractivity contribution in [1.29, 1.82) is 0 Å². The van der Waals surface area contributed by atoms with E-state index in [1.165, 1.54) is 24.3 Å². The largest absolute Gasteiger partial charge is 0.408 e. The molecule has 0 atom stereocenters. The van der Waals surface area contributed by atoms with Crippen LogP contribution in [0.3, 0.4) is 0 Å². The number of carbonyl (C=O) groups excluding carboxylic acids is 1. The highest BCUT2D eigenvalue weighted by Crippen LogP contribution is 2.19. The molecule has 1 amide bonds. The summed E-state index contributed by atoms with van der Waals surface area (Å²) in [5.74, 6) is -0.0230. The maximum atomic E-state index is 12.6. The molecule has 0 radical (unpaired) electrons. The second kappa shape index (κ2) is 8.31. The van der Waals surface area contributed by atoms with E-state index in [1.807, 2.05) is 19.9 Å². The molecule has 9 nitrogen and oxygen atoms in total. The lowest BCUT2D eigenvalue weighted by molar-refractivity contribution is 0.0953. The van der Waals surface area contributed by atoms with Crippen LogP contribution in [0.5, 0.6) is 0 Å². The quantitative estimate of drug-likeness (QED) is 0.536. The summed E-state index contributed by atoms with van der Waals surface area (Å²) in [5.41, 5.74) is 8.21. The lowest BCUT2D eigenvalue weighted by Gasteiger charge is -2.10. The Labute approximate surface area is 168 Å². The highest BCUT2D eigenvalue weighted by Gasteiger charge is 2.16. The molecule has 10 heteroatoms. The van der Waals surface area contributed by atoms with E-state index in [9.17, 15) is 13.2 Å². The highest BCUT2D eigenvalue weighted by molar-refractivity contribution is 7.92. The molecule has 3 rings (SSSR count). The Morgan fingerprint density at radius 2 is 1.79 bits per heavy atom. The molecule has 2 aromatic carbocycles. The first kappa shape index (κ1) is 20.3. The van der Waals surface area contributed by atoms with Gasteiger partial charge in [-0.1, -0.05) is 11.2 Å². The number of aryl methyl sites for hydroxylation is 2. The minimum atomic E-state index is -3.76. The molecular weight excluding hydrogens is 394 g/mol. The SMILES string of the molecule is Cc1ccc(NS(=O)(=O)c2ccc(C(=O)NCCc3nnc(N)o3)cc2)cc1C. The van der Waals surface area contributed by atoms with Crippen molar-refractivity contribution in [2.75, 3.05) is 17.0 Å². The molecule has 0 saturated carbocycles. The van der Waals surface area contributed by atoms with Gasteiger partial charge in [-0.2, -0.15) is 0 Å². The molecule has 0 saturated heterocycles. The summed E-state index contributed by atoms with van der Waals surface area (Å²) in [5, 5.41) is 9.93. The van der Waals surface area contributed by atoms with Gasteiger partial charge in [-0.25, -0.2) is 8.42 Å². The van der Waals surface area contributed by atoms with Crippen LogP contribution in [-0.2, 0) is 16.4 Å². The Morgan fingerprint density at radius 1 is 1.07 bits per heavy atom. The van der Waals surface area contributed by atoms with Crippen molar-refractivity contribution in [2.24, 2.45) is 0 Å². The average Bonchev–Trinajstić information content (AvgIpc) is 3.09. The van der Waals surface area contributed by atoms with Gasteiger partial charge in [0.2, 0.25) is 5.89 Å². The van der Waals surface area contributed by atoms with Crippen LogP contribution in [0, 0.1) is 13.8 Å². The molecule has 0 unspecified atom stereocenters. The van der Waals surface area contributed by atoms with Gasteiger partial charge in [0.25, 0.3) is 15.9 Å². The van der Waals surface area contributed by atoms with Gasteiger partial charge in [0.05, 0.1) is 4.90 Å². The number of nitrogens with two attached hydrogens (primary N) is 1. The van der Waals surface area contributed by atoms with E-state index in [0.717, 1.165) is 11.1 Å². The van der Waals surface area contributed by atoms with Crippen LogP contribution in [0.15, 0.2) is 51.8 Å².